The fourth-order valence-electron chi connectivity index (χ4n) is 6.68. The first kappa shape index (κ1) is 25.1. The van der Waals surface area contributed by atoms with Crippen LogP contribution in [0.2, 0.25) is 0 Å². The van der Waals surface area contributed by atoms with Crippen LogP contribution in [0.4, 0.5) is 0 Å². The minimum absolute atomic E-state index is 0. The van der Waals surface area contributed by atoms with Gasteiger partial charge in [0.15, 0.2) is 0 Å². The van der Waals surface area contributed by atoms with Gasteiger partial charge in [0.25, 0.3) is 0 Å². The molecule has 3 N–H and O–H groups in total. The van der Waals surface area contributed by atoms with E-state index in [-0.39, 0.29) is 35.0 Å². The minimum Gasteiger partial charge on any atom is -0.547 e. The molecule has 33 heavy (non-hydrogen) atoms. The van der Waals surface area contributed by atoms with Crippen LogP contribution < -0.4 is 39.4 Å². The Balaban J connectivity index is 0.00000259. The van der Waals surface area contributed by atoms with Gasteiger partial charge in [-0.1, -0.05) is 13.0 Å². The van der Waals surface area contributed by atoms with Gasteiger partial charge in [-0.25, -0.2) is 0 Å². The largest absolute Gasteiger partial charge is 1.00 e. The van der Waals surface area contributed by atoms with Crippen molar-refractivity contribution in [3.05, 3.63) is 29.3 Å². The summed E-state index contributed by atoms with van der Waals surface area (Å²) in [7, 11) is 0. The van der Waals surface area contributed by atoms with Crippen molar-refractivity contribution < 1.29 is 69.0 Å². The third-order valence-electron chi connectivity index (χ3n) is 8.46. The van der Waals surface area contributed by atoms with E-state index in [1.807, 2.05) is 12.1 Å². The zero-order valence-corrected chi connectivity index (χ0v) is 21.0. The number of aliphatic hydroxyl groups is 3. The first-order valence-electron chi connectivity index (χ1n) is 11.4. The summed E-state index contributed by atoms with van der Waals surface area (Å²) in [5.41, 5.74) is 2.24. The number of ketones is 1. The average molecular weight is 468 g/mol. The number of hydrogen-bond acceptors (Lipinski definition) is 8. The maximum atomic E-state index is 12.5. The van der Waals surface area contributed by atoms with Crippen LogP contribution >= 0.6 is 0 Å². The summed E-state index contributed by atoms with van der Waals surface area (Å²) in [4.78, 5) is 23.7. The predicted octanol–water partition coefficient (Wildman–Crippen LogP) is -2.95. The number of ether oxygens (including phenoxy) is 2. The van der Waals surface area contributed by atoms with Gasteiger partial charge in [-0.15, -0.1) is 0 Å². The third-order valence-corrected chi connectivity index (χ3v) is 8.46. The first-order valence-corrected chi connectivity index (χ1v) is 11.4. The van der Waals surface area contributed by atoms with Crippen molar-refractivity contribution in [2.24, 2.45) is 17.3 Å². The minimum atomic E-state index is -1.81. The molecule has 1 aromatic rings. The Bertz CT molecular complexity index is 937. The maximum absolute atomic E-state index is 12.5. The molecule has 3 aliphatic carbocycles. The van der Waals surface area contributed by atoms with E-state index >= 15 is 0 Å². The Labute approximate surface area is 214 Å². The van der Waals surface area contributed by atoms with Crippen molar-refractivity contribution in [2.75, 3.05) is 0 Å². The van der Waals surface area contributed by atoms with Gasteiger partial charge in [-0.05, 0) is 73.1 Å². The molecule has 2 saturated carbocycles. The molecule has 8 nitrogen and oxygen atoms in total. The summed E-state index contributed by atoms with van der Waals surface area (Å²) in [5, 5.41) is 41.2. The van der Waals surface area contributed by atoms with Crippen molar-refractivity contribution in [1.82, 2.24) is 0 Å². The summed E-state index contributed by atoms with van der Waals surface area (Å²) in [6.07, 6.45) is -2.97. The molecule has 9 atom stereocenters. The van der Waals surface area contributed by atoms with Crippen molar-refractivity contribution in [3.8, 4) is 5.75 Å². The van der Waals surface area contributed by atoms with E-state index in [1.165, 1.54) is 5.56 Å². The number of carbonyl (C=O) groups is 2. The standard InChI is InChI=1S/C24H30O8.Na/c1-24-9-8-14-13-5-3-12(10-11(13)2-4-15(14)16(24)6-7-17(24)25)31-23-20(28)18(26)19(27)21(32-23)22(29)30;/h3,5,10,14-16,18-21,23,26-28H,2,4,6-9H2,1H3,(H,29,30);/q;+1/p-1/t14-,15-,16+,18+,19+,20-,21+,23-,24+;/m1./s1. The number of Topliss-reactive ketones (excluding diaryl/α,β-unsaturated/α-hetero) is 1. The van der Waals surface area contributed by atoms with E-state index < -0.39 is 36.7 Å². The van der Waals surface area contributed by atoms with Crippen LogP contribution in [0, 0.1) is 17.3 Å². The number of aryl methyl sites for hydroxylation is 1. The first-order chi connectivity index (χ1) is 15.2. The van der Waals surface area contributed by atoms with E-state index in [1.54, 1.807) is 6.07 Å². The monoisotopic (exact) mass is 468 g/mol. The number of aliphatic carboxylic acids is 1. The van der Waals surface area contributed by atoms with Crippen molar-refractivity contribution in [3.63, 3.8) is 0 Å². The fraction of sp³-hybridized carbons (Fsp3) is 0.667. The van der Waals surface area contributed by atoms with Gasteiger partial charge in [-0.2, -0.15) is 0 Å². The van der Waals surface area contributed by atoms with E-state index in [2.05, 4.69) is 6.92 Å². The number of fused-ring (bicyclic) bond motifs is 5. The molecule has 1 aliphatic heterocycles. The summed E-state index contributed by atoms with van der Waals surface area (Å²) in [6.45, 7) is 2.15. The molecule has 0 aromatic heterocycles. The van der Waals surface area contributed by atoms with E-state index in [4.69, 9.17) is 9.47 Å². The number of carbonyl (C=O) groups excluding carboxylic acids is 2. The summed E-state index contributed by atoms with van der Waals surface area (Å²) in [6, 6.07) is 5.65. The van der Waals surface area contributed by atoms with Gasteiger partial charge >= 0.3 is 29.6 Å². The van der Waals surface area contributed by atoms with Crippen LogP contribution in [-0.4, -0.2) is 57.8 Å². The number of rotatable bonds is 3. The molecule has 4 aliphatic rings. The van der Waals surface area contributed by atoms with Crippen molar-refractivity contribution >= 4 is 11.8 Å². The second kappa shape index (κ2) is 9.22. The van der Waals surface area contributed by atoms with Gasteiger partial charge in [-0.3, -0.25) is 4.79 Å². The molecule has 0 bridgehead atoms. The van der Waals surface area contributed by atoms with Crippen LogP contribution in [0.5, 0.6) is 5.75 Å². The summed E-state index contributed by atoms with van der Waals surface area (Å²) >= 11 is 0. The Hall–Kier alpha value is -1.000. The Morgan fingerprint density at radius 3 is 2.61 bits per heavy atom. The van der Waals surface area contributed by atoms with Gasteiger partial charge in [0, 0.05) is 11.8 Å². The molecule has 1 saturated heterocycles. The molecule has 3 fully saturated rings. The number of carboxylic acids is 1. The van der Waals surface area contributed by atoms with Crippen LogP contribution in [0.25, 0.3) is 0 Å². The average Bonchev–Trinajstić information content (AvgIpc) is 3.08. The molecular weight excluding hydrogens is 439 g/mol. The topological polar surface area (TPSA) is 136 Å². The molecule has 0 spiro atoms. The maximum Gasteiger partial charge on any atom is 1.00 e. The quantitative estimate of drug-likeness (QED) is 0.401. The molecule has 174 valence electrons. The van der Waals surface area contributed by atoms with Crippen molar-refractivity contribution in [1.29, 1.82) is 0 Å². The molecule has 9 heteroatoms. The van der Waals surface area contributed by atoms with Gasteiger partial charge in [0.05, 0.1) is 5.97 Å². The van der Waals surface area contributed by atoms with Gasteiger partial charge in [0.2, 0.25) is 6.29 Å². The molecular formula is C24H29NaO8. The van der Waals surface area contributed by atoms with Crippen LogP contribution in [0.3, 0.4) is 0 Å². The number of hydrogen-bond donors (Lipinski definition) is 3. The van der Waals surface area contributed by atoms with Crippen LogP contribution in [0.1, 0.15) is 56.1 Å². The number of carboxylic acid groups (broad SMARTS) is 1. The smallest absolute Gasteiger partial charge is 0.547 e. The van der Waals surface area contributed by atoms with Gasteiger partial charge < -0.3 is 34.7 Å². The zero-order valence-electron chi connectivity index (χ0n) is 19.0. The summed E-state index contributed by atoms with van der Waals surface area (Å²) in [5.74, 6) is 0.477. The Morgan fingerprint density at radius 1 is 1.12 bits per heavy atom. The van der Waals surface area contributed by atoms with Crippen molar-refractivity contribution in [2.45, 2.75) is 82.1 Å². The second-order valence-electron chi connectivity index (χ2n) is 10.0. The Kier molecular flexibility index (Phi) is 7.02. The fourth-order valence-corrected chi connectivity index (χ4v) is 6.68. The van der Waals surface area contributed by atoms with Crippen LogP contribution in [0.15, 0.2) is 18.2 Å². The number of aliphatic hydroxyl groups excluding tert-OH is 3. The third kappa shape index (κ3) is 4.07. The predicted molar refractivity (Wildman–Crippen MR) is 108 cm³/mol. The summed E-state index contributed by atoms with van der Waals surface area (Å²) < 4.78 is 10.9. The van der Waals surface area contributed by atoms with E-state index in [0.29, 0.717) is 35.7 Å². The molecule has 0 amide bonds. The van der Waals surface area contributed by atoms with Crippen LogP contribution in [-0.2, 0) is 20.7 Å². The molecule has 0 unspecified atom stereocenters. The molecule has 1 heterocycles. The number of benzene rings is 1. The Morgan fingerprint density at radius 2 is 1.88 bits per heavy atom. The molecule has 5 rings (SSSR count). The van der Waals surface area contributed by atoms with Gasteiger partial charge in [0.1, 0.15) is 35.9 Å². The SMILES string of the molecule is C[C@]12CC[C@@H]3c4ccc(O[C@@H]5O[C@H](C(=O)[O-])[C@@H](O)[C@H](O)[C@H]5O)cc4CC[C@H]3[C@@H]1CCC2=O.[Na+]. The van der Waals surface area contributed by atoms with E-state index in [9.17, 15) is 30.0 Å². The molecule has 1 aromatic carbocycles. The normalized spacial score (nSPS) is 41.9. The zero-order chi connectivity index (χ0) is 22.8. The van der Waals surface area contributed by atoms with E-state index in [0.717, 1.165) is 37.7 Å². The molecule has 0 radical (unpaired) electrons. The second-order valence-corrected chi connectivity index (χ2v) is 10.0.